The van der Waals surface area contributed by atoms with E-state index in [0.29, 0.717) is 28.0 Å². The van der Waals surface area contributed by atoms with E-state index in [1.165, 1.54) is 23.1 Å². The van der Waals surface area contributed by atoms with Crippen molar-refractivity contribution in [3.05, 3.63) is 32.1 Å². The molecule has 25 heavy (non-hydrogen) atoms. The van der Waals surface area contributed by atoms with E-state index in [1.807, 2.05) is 13.0 Å². The minimum absolute atomic E-state index is 0.127. The summed E-state index contributed by atoms with van der Waals surface area (Å²) in [7, 11) is 0. The standard InChI is InChI=1S/C15H17N5O2S3/c1-7(2)10-4-9-13(22)16-11(17-14(9)25-10)5-23-6-12(21)18-15-20-19-8(3)24-15/h4,7H,5-6H2,1-3H3,(H,16,17,22)(H,18,20,21). The van der Waals surface area contributed by atoms with Gasteiger partial charge in [0.1, 0.15) is 15.7 Å². The van der Waals surface area contributed by atoms with E-state index in [1.54, 1.807) is 11.3 Å². The molecule has 0 aromatic carbocycles. The maximum Gasteiger partial charge on any atom is 0.259 e. The summed E-state index contributed by atoms with van der Waals surface area (Å²) in [6.45, 7) is 6.01. The molecule has 0 aliphatic carbocycles. The number of carbonyl (C=O) groups is 1. The molecule has 0 aliphatic heterocycles. The molecule has 0 atom stereocenters. The zero-order valence-corrected chi connectivity index (χ0v) is 16.4. The number of aryl methyl sites for hydroxylation is 1. The van der Waals surface area contributed by atoms with Crippen molar-refractivity contribution in [1.82, 2.24) is 20.2 Å². The summed E-state index contributed by atoms with van der Waals surface area (Å²) in [5.41, 5.74) is -0.127. The number of amides is 1. The molecule has 3 aromatic heterocycles. The number of aromatic nitrogens is 4. The monoisotopic (exact) mass is 395 g/mol. The van der Waals surface area contributed by atoms with Crippen LogP contribution >= 0.6 is 34.4 Å². The molecular formula is C15H17N5O2S3. The Morgan fingerprint density at radius 1 is 1.36 bits per heavy atom. The number of nitrogens with one attached hydrogen (secondary N) is 2. The third kappa shape index (κ3) is 4.44. The number of carbonyl (C=O) groups excluding carboxylic acids is 1. The average Bonchev–Trinajstić information content (AvgIpc) is 3.14. The Balaban J connectivity index is 1.61. The van der Waals surface area contributed by atoms with Gasteiger partial charge in [-0.25, -0.2) is 4.98 Å². The Morgan fingerprint density at radius 3 is 2.84 bits per heavy atom. The lowest BCUT2D eigenvalue weighted by molar-refractivity contribution is -0.113. The SMILES string of the molecule is Cc1nnc(NC(=O)CSCc2nc3sc(C(C)C)cc3c(=O)[nH]2)s1. The topological polar surface area (TPSA) is 101 Å². The number of hydrogen-bond acceptors (Lipinski definition) is 8. The number of thiophene rings is 1. The molecule has 0 unspecified atom stereocenters. The molecule has 132 valence electrons. The predicted octanol–water partition coefficient (Wildman–Crippen LogP) is 3.14. The molecule has 3 rings (SSSR count). The first-order chi connectivity index (χ1) is 11.9. The lowest BCUT2D eigenvalue weighted by atomic mass is 10.2. The highest BCUT2D eigenvalue weighted by Gasteiger charge is 2.12. The van der Waals surface area contributed by atoms with Gasteiger partial charge in [0, 0.05) is 4.88 Å². The van der Waals surface area contributed by atoms with Crippen LogP contribution in [0, 0.1) is 6.92 Å². The second kappa shape index (κ2) is 7.63. The number of hydrogen-bond donors (Lipinski definition) is 2. The lowest BCUT2D eigenvalue weighted by Crippen LogP contribution is -2.15. The largest absolute Gasteiger partial charge is 0.309 e. The Bertz CT molecular complexity index is 960. The van der Waals surface area contributed by atoms with Gasteiger partial charge in [0.25, 0.3) is 5.56 Å². The zero-order chi connectivity index (χ0) is 18.0. The van der Waals surface area contributed by atoms with Crippen molar-refractivity contribution in [2.75, 3.05) is 11.1 Å². The summed E-state index contributed by atoms with van der Waals surface area (Å²) in [5, 5.41) is 12.3. The summed E-state index contributed by atoms with van der Waals surface area (Å²) in [4.78, 5) is 33.3. The predicted molar refractivity (Wildman–Crippen MR) is 104 cm³/mol. The maximum absolute atomic E-state index is 12.2. The number of aromatic amines is 1. The van der Waals surface area contributed by atoms with Crippen molar-refractivity contribution in [2.24, 2.45) is 0 Å². The van der Waals surface area contributed by atoms with Crippen molar-refractivity contribution in [1.29, 1.82) is 0 Å². The van der Waals surface area contributed by atoms with Crippen LogP contribution in [0.4, 0.5) is 5.13 Å². The van der Waals surface area contributed by atoms with E-state index in [4.69, 9.17) is 0 Å². The quantitative estimate of drug-likeness (QED) is 0.665. The van der Waals surface area contributed by atoms with E-state index >= 15 is 0 Å². The van der Waals surface area contributed by atoms with Crippen LogP contribution in [0.2, 0.25) is 0 Å². The molecule has 10 heteroatoms. The van der Waals surface area contributed by atoms with Crippen molar-refractivity contribution < 1.29 is 4.79 Å². The van der Waals surface area contributed by atoms with Crippen LogP contribution in [-0.2, 0) is 10.5 Å². The first-order valence-electron chi connectivity index (χ1n) is 7.62. The molecule has 0 spiro atoms. The van der Waals surface area contributed by atoms with E-state index in [9.17, 15) is 9.59 Å². The molecule has 3 aromatic rings. The number of H-pyrrole nitrogens is 1. The zero-order valence-electron chi connectivity index (χ0n) is 14.0. The third-order valence-electron chi connectivity index (χ3n) is 3.28. The second-order valence-electron chi connectivity index (χ2n) is 5.70. The normalized spacial score (nSPS) is 11.4. The van der Waals surface area contributed by atoms with Crippen LogP contribution in [0.5, 0.6) is 0 Å². The Hall–Kier alpha value is -1.78. The van der Waals surface area contributed by atoms with Crippen molar-refractivity contribution in [3.8, 4) is 0 Å². The maximum atomic E-state index is 12.2. The van der Waals surface area contributed by atoms with Crippen molar-refractivity contribution in [3.63, 3.8) is 0 Å². The van der Waals surface area contributed by atoms with E-state index in [-0.39, 0.29) is 17.2 Å². The number of anilines is 1. The van der Waals surface area contributed by atoms with Crippen LogP contribution in [0.25, 0.3) is 10.2 Å². The van der Waals surface area contributed by atoms with Gasteiger partial charge in [0.2, 0.25) is 11.0 Å². The Morgan fingerprint density at radius 2 is 2.16 bits per heavy atom. The fourth-order valence-corrected chi connectivity index (χ4v) is 4.44. The van der Waals surface area contributed by atoms with Crippen molar-refractivity contribution in [2.45, 2.75) is 32.4 Å². The van der Waals surface area contributed by atoms with Gasteiger partial charge in [-0.2, -0.15) is 0 Å². The molecule has 0 aliphatic rings. The summed E-state index contributed by atoms with van der Waals surface area (Å²) < 4.78 is 0. The van der Waals surface area contributed by atoms with Gasteiger partial charge in [0.05, 0.1) is 16.9 Å². The molecule has 0 bridgehead atoms. The Labute approximate surface area is 156 Å². The van der Waals surface area contributed by atoms with Crippen molar-refractivity contribution >= 4 is 55.7 Å². The summed E-state index contributed by atoms with van der Waals surface area (Å²) in [5.74, 6) is 1.51. The van der Waals surface area contributed by atoms with Crippen LogP contribution in [0.3, 0.4) is 0 Å². The van der Waals surface area contributed by atoms with Gasteiger partial charge >= 0.3 is 0 Å². The first kappa shape index (κ1) is 18.0. The number of fused-ring (bicyclic) bond motifs is 1. The van der Waals surface area contributed by atoms with Crippen LogP contribution in [0.15, 0.2) is 10.9 Å². The number of rotatable bonds is 6. The highest BCUT2D eigenvalue weighted by atomic mass is 32.2. The van der Waals surface area contributed by atoms with Crippen LogP contribution in [0.1, 0.15) is 35.5 Å². The van der Waals surface area contributed by atoms with E-state index < -0.39 is 0 Å². The third-order valence-corrected chi connectivity index (χ3v) is 6.31. The molecule has 0 fully saturated rings. The Kier molecular flexibility index (Phi) is 5.50. The molecule has 0 saturated carbocycles. The van der Waals surface area contributed by atoms with E-state index in [2.05, 4.69) is 39.3 Å². The molecule has 7 nitrogen and oxygen atoms in total. The van der Waals surface area contributed by atoms with Gasteiger partial charge in [0.15, 0.2) is 0 Å². The van der Waals surface area contributed by atoms with E-state index in [0.717, 1.165) is 14.7 Å². The fourth-order valence-electron chi connectivity index (χ4n) is 2.09. The first-order valence-corrected chi connectivity index (χ1v) is 10.4. The number of nitrogens with zero attached hydrogens (tertiary/aromatic N) is 3. The molecule has 2 N–H and O–H groups in total. The molecule has 0 radical (unpaired) electrons. The van der Waals surface area contributed by atoms with Crippen LogP contribution < -0.4 is 10.9 Å². The second-order valence-corrected chi connectivity index (χ2v) is 8.93. The van der Waals surface area contributed by atoms with Gasteiger partial charge in [-0.3, -0.25) is 14.9 Å². The molecule has 3 heterocycles. The fraction of sp³-hybridized carbons (Fsp3) is 0.400. The minimum atomic E-state index is -0.150. The van der Waals surface area contributed by atoms with Gasteiger partial charge in [-0.1, -0.05) is 25.2 Å². The van der Waals surface area contributed by atoms with Crippen LogP contribution in [-0.4, -0.2) is 31.8 Å². The average molecular weight is 396 g/mol. The summed E-state index contributed by atoms with van der Waals surface area (Å²) >= 11 is 4.26. The number of thioether (sulfide) groups is 1. The summed E-state index contributed by atoms with van der Waals surface area (Å²) in [6.07, 6.45) is 0. The molecule has 0 saturated heterocycles. The van der Waals surface area contributed by atoms with Gasteiger partial charge in [-0.05, 0) is 18.9 Å². The highest BCUT2D eigenvalue weighted by molar-refractivity contribution is 7.99. The smallest absolute Gasteiger partial charge is 0.259 e. The summed E-state index contributed by atoms with van der Waals surface area (Å²) in [6, 6.07) is 1.91. The van der Waals surface area contributed by atoms with Gasteiger partial charge in [-0.15, -0.1) is 33.3 Å². The van der Waals surface area contributed by atoms with Gasteiger partial charge < -0.3 is 4.98 Å². The lowest BCUT2D eigenvalue weighted by Gasteiger charge is -2.02. The molecular weight excluding hydrogens is 378 g/mol. The highest BCUT2D eigenvalue weighted by Crippen LogP contribution is 2.27. The molecule has 1 amide bonds. The minimum Gasteiger partial charge on any atom is -0.309 e.